The predicted octanol–water partition coefficient (Wildman–Crippen LogP) is 5.01. The Morgan fingerprint density at radius 1 is 1.00 bits per heavy atom. The maximum absolute atomic E-state index is 12.6. The molecule has 1 N–H and O–H groups in total. The van der Waals surface area contributed by atoms with Crippen LogP contribution in [0.2, 0.25) is 0 Å². The standard InChI is InChI=1S/C22H16N2O4S/c25-21(20-11-6-12-29-20)23-18-10-5-4-9-17(18)22(26)27-14-16-13-19(28-24-16)15-7-2-1-3-8-15/h1-13H,14H2,(H,23,25). The SMILES string of the molecule is O=C(Nc1ccccc1C(=O)OCc1cc(-c2ccccc2)on1)c1cccs1. The van der Waals surface area contributed by atoms with Crippen molar-refractivity contribution in [2.75, 3.05) is 5.32 Å². The third-order valence-corrected chi connectivity index (χ3v) is 4.98. The molecule has 0 fully saturated rings. The number of hydrogen-bond donors (Lipinski definition) is 1. The number of nitrogens with one attached hydrogen (secondary N) is 1. The van der Waals surface area contributed by atoms with E-state index in [0.29, 0.717) is 22.0 Å². The highest BCUT2D eigenvalue weighted by Crippen LogP contribution is 2.22. The molecule has 1 amide bonds. The molecule has 0 aliphatic rings. The first-order chi connectivity index (χ1) is 14.2. The maximum Gasteiger partial charge on any atom is 0.340 e. The van der Waals surface area contributed by atoms with E-state index in [1.165, 1.54) is 11.3 Å². The monoisotopic (exact) mass is 404 g/mol. The number of anilines is 1. The van der Waals surface area contributed by atoms with Gasteiger partial charge in [-0.1, -0.05) is 53.7 Å². The Kier molecular flexibility index (Phi) is 5.49. The van der Waals surface area contributed by atoms with Crippen LogP contribution >= 0.6 is 11.3 Å². The predicted molar refractivity (Wildman–Crippen MR) is 110 cm³/mol. The zero-order valence-corrected chi connectivity index (χ0v) is 16.0. The van der Waals surface area contributed by atoms with Crippen molar-refractivity contribution in [2.24, 2.45) is 0 Å². The molecule has 0 spiro atoms. The van der Waals surface area contributed by atoms with Gasteiger partial charge in [0.1, 0.15) is 12.3 Å². The highest BCUT2D eigenvalue weighted by Gasteiger charge is 2.17. The van der Waals surface area contributed by atoms with Crippen LogP contribution in [0.1, 0.15) is 25.7 Å². The minimum absolute atomic E-state index is 0.0393. The summed E-state index contributed by atoms with van der Waals surface area (Å²) < 4.78 is 10.7. The molecule has 0 unspecified atom stereocenters. The summed E-state index contributed by atoms with van der Waals surface area (Å²) in [6.45, 7) is -0.0393. The molecule has 7 heteroatoms. The van der Waals surface area contributed by atoms with Gasteiger partial charge in [0.15, 0.2) is 5.76 Å². The number of amides is 1. The topological polar surface area (TPSA) is 81.4 Å². The van der Waals surface area contributed by atoms with Crippen molar-refractivity contribution in [1.29, 1.82) is 0 Å². The quantitative estimate of drug-likeness (QED) is 0.457. The Morgan fingerprint density at radius 2 is 1.79 bits per heavy atom. The number of rotatable bonds is 6. The molecule has 4 aromatic rings. The van der Waals surface area contributed by atoms with Crippen LogP contribution in [0.25, 0.3) is 11.3 Å². The third-order valence-electron chi connectivity index (χ3n) is 4.11. The van der Waals surface area contributed by atoms with Gasteiger partial charge in [-0.25, -0.2) is 4.79 Å². The molecular weight excluding hydrogens is 388 g/mol. The van der Waals surface area contributed by atoms with Crippen LogP contribution < -0.4 is 5.32 Å². The summed E-state index contributed by atoms with van der Waals surface area (Å²) in [7, 11) is 0. The molecule has 6 nitrogen and oxygen atoms in total. The molecule has 0 saturated heterocycles. The lowest BCUT2D eigenvalue weighted by Crippen LogP contribution is -2.15. The lowest BCUT2D eigenvalue weighted by molar-refractivity contribution is 0.0465. The zero-order chi connectivity index (χ0) is 20.1. The van der Waals surface area contributed by atoms with E-state index in [4.69, 9.17) is 9.26 Å². The van der Waals surface area contributed by atoms with E-state index in [2.05, 4.69) is 10.5 Å². The number of carbonyl (C=O) groups excluding carboxylic acids is 2. The minimum Gasteiger partial charge on any atom is -0.455 e. The average Bonchev–Trinajstić information content (AvgIpc) is 3.45. The van der Waals surface area contributed by atoms with E-state index in [1.807, 2.05) is 35.7 Å². The Bertz CT molecular complexity index is 1120. The van der Waals surface area contributed by atoms with Gasteiger partial charge in [-0.3, -0.25) is 4.79 Å². The maximum atomic E-state index is 12.6. The third kappa shape index (κ3) is 4.41. The number of para-hydroxylation sites is 1. The number of aromatic nitrogens is 1. The number of esters is 1. The van der Waals surface area contributed by atoms with Crippen molar-refractivity contribution in [1.82, 2.24) is 5.16 Å². The molecular formula is C22H16N2O4S. The van der Waals surface area contributed by atoms with Gasteiger partial charge in [-0.15, -0.1) is 11.3 Å². The van der Waals surface area contributed by atoms with Gasteiger partial charge in [0.2, 0.25) is 0 Å². The van der Waals surface area contributed by atoms with Crippen LogP contribution in [0, 0.1) is 0 Å². The van der Waals surface area contributed by atoms with Gasteiger partial charge in [0.05, 0.1) is 16.1 Å². The van der Waals surface area contributed by atoms with Crippen LogP contribution in [0.15, 0.2) is 82.7 Å². The Hall–Kier alpha value is -3.71. The van der Waals surface area contributed by atoms with Gasteiger partial charge >= 0.3 is 5.97 Å². The van der Waals surface area contributed by atoms with E-state index in [-0.39, 0.29) is 18.1 Å². The highest BCUT2D eigenvalue weighted by atomic mass is 32.1. The average molecular weight is 404 g/mol. The van der Waals surface area contributed by atoms with E-state index in [0.717, 1.165) is 5.56 Å². The van der Waals surface area contributed by atoms with Crippen molar-refractivity contribution < 1.29 is 18.8 Å². The van der Waals surface area contributed by atoms with Gasteiger partial charge in [-0.05, 0) is 23.6 Å². The summed E-state index contributed by atoms with van der Waals surface area (Å²) in [4.78, 5) is 25.4. The molecule has 2 heterocycles. The fraction of sp³-hybridized carbons (Fsp3) is 0.0455. The van der Waals surface area contributed by atoms with E-state index in [9.17, 15) is 9.59 Å². The normalized spacial score (nSPS) is 10.5. The first kappa shape index (κ1) is 18.6. The lowest BCUT2D eigenvalue weighted by Gasteiger charge is -2.09. The fourth-order valence-corrected chi connectivity index (χ4v) is 3.32. The summed E-state index contributed by atoms with van der Waals surface area (Å²) in [5, 5.41) is 8.51. The van der Waals surface area contributed by atoms with Crippen molar-refractivity contribution in [3.8, 4) is 11.3 Å². The van der Waals surface area contributed by atoms with Crippen LogP contribution in [0.5, 0.6) is 0 Å². The molecule has 0 bridgehead atoms. The molecule has 4 rings (SSSR count). The van der Waals surface area contributed by atoms with Crippen LogP contribution in [-0.2, 0) is 11.3 Å². The first-order valence-electron chi connectivity index (χ1n) is 8.83. The Balaban J connectivity index is 1.43. The summed E-state index contributed by atoms with van der Waals surface area (Å²) in [5.41, 5.74) is 2.04. The van der Waals surface area contributed by atoms with E-state index >= 15 is 0 Å². The second kappa shape index (κ2) is 8.53. The molecule has 2 aromatic carbocycles. The van der Waals surface area contributed by atoms with Crippen LogP contribution in [0.3, 0.4) is 0 Å². The molecule has 0 radical (unpaired) electrons. The molecule has 2 aromatic heterocycles. The second-order valence-corrected chi connectivity index (χ2v) is 7.05. The summed E-state index contributed by atoms with van der Waals surface area (Å²) in [6.07, 6.45) is 0. The Labute approximate surface area is 170 Å². The van der Waals surface area contributed by atoms with Crippen molar-refractivity contribution >= 4 is 28.9 Å². The molecule has 0 saturated carbocycles. The largest absolute Gasteiger partial charge is 0.455 e. The summed E-state index contributed by atoms with van der Waals surface area (Å²) in [5.74, 6) is -0.235. The minimum atomic E-state index is -0.559. The molecule has 0 aliphatic heterocycles. The second-order valence-electron chi connectivity index (χ2n) is 6.10. The van der Waals surface area contributed by atoms with Gasteiger partial charge in [0, 0.05) is 11.6 Å². The fourth-order valence-electron chi connectivity index (χ4n) is 2.70. The number of ether oxygens (including phenoxy) is 1. The lowest BCUT2D eigenvalue weighted by atomic mass is 10.1. The summed E-state index contributed by atoms with van der Waals surface area (Å²) in [6, 6.07) is 21.5. The van der Waals surface area contributed by atoms with Crippen molar-refractivity contribution in [3.05, 3.63) is 94.3 Å². The molecule has 0 aliphatic carbocycles. The van der Waals surface area contributed by atoms with Crippen molar-refractivity contribution in [2.45, 2.75) is 6.61 Å². The number of benzene rings is 2. The molecule has 0 atom stereocenters. The van der Waals surface area contributed by atoms with Gasteiger partial charge in [0.25, 0.3) is 5.91 Å². The summed E-state index contributed by atoms with van der Waals surface area (Å²) >= 11 is 1.33. The number of thiophene rings is 1. The molecule has 29 heavy (non-hydrogen) atoms. The number of hydrogen-bond acceptors (Lipinski definition) is 6. The van der Waals surface area contributed by atoms with E-state index < -0.39 is 5.97 Å². The van der Waals surface area contributed by atoms with Crippen molar-refractivity contribution in [3.63, 3.8) is 0 Å². The van der Waals surface area contributed by atoms with Gasteiger partial charge in [-0.2, -0.15) is 0 Å². The smallest absolute Gasteiger partial charge is 0.340 e. The van der Waals surface area contributed by atoms with Crippen LogP contribution in [0.4, 0.5) is 5.69 Å². The van der Waals surface area contributed by atoms with E-state index in [1.54, 1.807) is 42.5 Å². The zero-order valence-electron chi connectivity index (χ0n) is 15.2. The molecule has 144 valence electrons. The highest BCUT2D eigenvalue weighted by molar-refractivity contribution is 7.12. The first-order valence-corrected chi connectivity index (χ1v) is 9.71. The van der Waals surface area contributed by atoms with Gasteiger partial charge < -0.3 is 14.6 Å². The Morgan fingerprint density at radius 3 is 2.59 bits per heavy atom. The number of nitrogens with zero attached hydrogens (tertiary/aromatic N) is 1. The van der Waals surface area contributed by atoms with Crippen LogP contribution in [-0.4, -0.2) is 17.0 Å². The number of carbonyl (C=O) groups is 2.